The Hall–Kier alpha value is -1.62. The highest BCUT2D eigenvalue weighted by Gasteiger charge is 2.27. The van der Waals surface area contributed by atoms with Gasteiger partial charge in [0.15, 0.2) is 0 Å². The van der Waals surface area contributed by atoms with E-state index in [1.54, 1.807) is 12.1 Å². The fourth-order valence-electron chi connectivity index (χ4n) is 1.87. The molecule has 0 aromatic heterocycles. The lowest BCUT2D eigenvalue weighted by molar-refractivity contribution is -0.142. The van der Waals surface area contributed by atoms with Crippen molar-refractivity contribution >= 4 is 11.7 Å². The van der Waals surface area contributed by atoms with Gasteiger partial charge in [-0.25, -0.2) is 4.39 Å². The van der Waals surface area contributed by atoms with E-state index in [0.717, 1.165) is 12.2 Å². The minimum absolute atomic E-state index is 0.264. The highest BCUT2D eigenvalue weighted by atomic mass is 19.1. The molecule has 1 unspecified atom stereocenters. The predicted octanol–water partition coefficient (Wildman–Crippen LogP) is 2.23. The summed E-state index contributed by atoms with van der Waals surface area (Å²) in [5.41, 5.74) is 5.41. The molecule has 19 heavy (non-hydrogen) atoms. The molecule has 0 amide bonds. The first-order chi connectivity index (χ1) is 8.86. The first-order valence-corrected chi connectivity index (χ1v) is 6.39. The van der Waals surface area contributed by atoms with Crippen LogP contribution in [0, 0.1) is 5.82 Å². The Morgan fingerprint density at radius 2 is 2.00 bits per heavy atom. The summed E-state index contributed by atoms with van der Waals surface area (Å²) in [6.07, 6.45) is 1.07. The summed E-state index contributed by atoms with van der Waals surface area (Å²) < 4.78 is 12.9. The summed E-state index contributed by atoms with van der Waals surface area (Å²) in [7, 11) is 0. The van der Waals surface area contributed by atoms with Crippen LogP contribution < -0.4 is 10.6 Å². The maximum atomic E-state index is 12.9. The molecule has 106 valence electrons. The van der Waals surface area contributed by atoms with Crippen LogP contribution >= 0.6 is 0 Å². The summed E-state index contributed by atoms with van der Waals surface area (Å²) in [5.74, 6) is -1.25. The fraction of sp³-hybridized carbons (Fsp3) is 0.500. The molecule has 4 nitrogen and oxygen atoms in total. The van der Waals surface area contributed by atoms with Gasteiger partial charge in [0.1, 0.15) is 11.4 Å². The van der Waals surface area contributed by atoms with Crippen LogP contribution in [0.5, 0.6) is 0 Å². The lowest BCUT2D eigenvalue weighted by Gasteiger charge is -2.25. The van der Waals surface area contributed by atoms with Crippen molar-refractivity contribution in [3.63, 3.8) is 0 Å². The molecule has 0 heterocycles. The molecule has 3 N–H and O–H groups in total. The van der Waals surface area contributed by atoms with Crippen LogP contribution in [-0.4, -0.2) is 29.7 Å². The zero-order chi connectivity index (χ0) is 14.5. The van der Waals surface area contributed by atoms with E-state index < -0.39 is 11.5 Å². The summed E-state index contributed by atoms with van der Waals surface area (Å²) >= 11 is 0. The normalized spacial score (nSPS) is 13.9. The Morgan fingerprint density at radius 3 is 2.47 bits per heavy atom. The van der Waals surface area contributed by atoms with Gasteiger partial charge in [-0.2, -0.15) is 0 Å². The van der Waals surface area contributed by atoms with Crippen molar-refractivity contribution in [1.29, 1.82) is 0 Å². The summed E-state index contributed by atoms with van der Waals surface area (Å²) in [4.78, 5) is 13.0. The maximum Gasteiger partial charge on any atom is 0.323 e. The molecule has 1 atom stereocenters. The first kappa shape index (κ1) is 15.4. The molecule has 0 bridgehead atoms. The van der Waals surface area contributed by atoms with Crippen molar-refractivity contribution in [3.05, 3.63) is 30.1 Å². The third-order valence-electron chi connectivity index (χ3n) is 3.19. The van der Waals surface area contributed by atoms with Gasteiger partial charge in [0.25, 0.3) is 0 Å². The van der Waals surface area contributed by atoms with E-state index in [4.69, 9.17) is 10.8 Å². The Morgan fingerprint density at radius 1 is 1.42 bits per heavy atom. The number of carboxylic acid groups (broad SMARTS) is 1. The van der Waals surface area contributed by atoms with E-state index in [9.17, 15) is 9.18 Å². The Bertz CT molecular complexity index is 418. The number of benzene rings is 1. The Balaban J connectivity index is 2.54. The largest absolute Gasteiger partial charge is 0.480 e. The number of carbonyl (C=O) groups is 1. The number of anilines is 1. The molecule has 0 radical (unpaired) electrons. The quantitative estimate of drug-likeness (QED) is 0.796. The minimum Gasteiger partial charge on any atom is -0.480 e. The molecule has 0 spiro atoms. The van der Waals surface area contributed by atoms with Crippen molar-refractivity contribution in [2.24, 2.45) is 5.73 Å². The van der Waals surface area contributed by atoms with Crippen LogP contribution in [0.25, 0.3) is 0 Å². The second-order valence-electron chi connectivity index (χ2n) is 4.88. The number of hydrogen-bond acceptors (Lipinski definition) is 3. The second-order valence-corrected chi connectivity index (χ2v) is 4.88. The Kier molecular flexibility index (Phi) is 5.30. The zero-order valence-corrected chi connectivity index (χ0v) is 11.4. The third-order valence-corrected chi connectivity index (χ3v) is 3.19. The van der Waals surface area contributed by atoms with Crippen LogP contribution in [0.2, 0.25) is 0 Å². The number of nitrogens with two attached hydrogens (primary N) is 1. The van der Waals surface area contributed by atoms with Crippen LogP contribution in [-0.2, 0) is 4.79 Å². The van der Waals surface area contributed by atoms with Crippen molar-refractivity contribution in [2.45, 2.75) is 32.2 Å². The zero-order valence-electron chi connectivity index (χ0n) is 11.4. The molecule has 0 aliphatic heterocycles. The summed E-state index contributed by atoms with van der Waals surface area (Å²) in [6, 6.07) is 6.28. The number of carboxylic acids is 1. The van der Waals surface area contributed by atoms with Crippen molar-refractivity contribution in [1.82, 2.24) is 0 Å². The standard InChI is InChI=1S/C14H21FN2O2/c1-3-17(12-7-5-11(15)6-8-12)10-4-9-14(2,16)13(18)19/h5-8H,3-4,9-10,16H2,1-2H3,(H,18,19). The van der Waals surface area contributed by atoms with Gasteiger partial charge in [-0.15, -0.1) is 0 Å². The average Bonchev–Trinajstić information content (AvgIpc) is 2.36. The van der Waals surface area contributed by atoms with Gasteiger partial charge < -0.3 is 15.7 Å². The first-order valence-electron chi connectivity index (χ1n) is 6.39. The minimum atomic E-state index is -1.19. The highest BCUT2D eigenvalue weighted by Crippen LogP contribution is 2.17. The predicted molar refractivity (Wildman–Crippen MR) is 73.7 cm³/mol. The third kappa shape index (κ3) is 4.52. The molecule has 0 saturated carbocycles. The number of halogens is 1. The number of nitrogens with zero attached hydrogens (tertiary/aromatic N) is 1. The topological polar surface area (TPSA) is 66.6 Å². The molecule has 5 heteroatoms. The molecule has 0 saturated heterocycles. The van der Waals surface area contributed by atoms with Crippen LogP contribution in [0.4, 0.5) is 10.1 Å². The molecule has 0 aliphatic carbocycles. The fourth-order valence-corrected chi connectivity index (χ4v) is 1.87. The number of hydrogen-bond donors (Lipinski definition) is 2. The van der Waals surface area contributed by atoms with Gasteiger partial charge >= 0.3 is 5.97 Å². The van der Waals surface area contributed by atoms with E-state index in [-0.39, 0.29) is 5.82 Å². The summed E-state index contributed by atoms with van der Waals surface area (Å²) in [5, 5.41) is 8.93. The van der Waals surface area contributed by atoms with Gasteiger partial charge in [-0.05, 0) is 51.0 Å². The van der Waals surface area contributed by atoms with Gasteiger partial charge in [0, 0.05) is 18.8 Å². The van der Waals surface area contributed by atoms with E-state index in [1.165, 1.54) is 19.1 Å². The smallest absolute Gasteiger partial charge is 0.323 e. The summed E-state index contributed by atoms with van der Waals surface area (Å²) in [6.45, 7) is 4.99. The van der Waals surface area contributed by atoms with Gasteiger partial charge in [-0.3, -0.25) is 4.79 Å². The van der Waals surface area contributed by atoms with E-state index in [0.29, 0.717) is 19.4 Å². The van der Waals surface area contributed by atoms with Gasteiger partial charge in [0.05, 0.1) is 0 Å². The molecule has 1 aromatic rings. The van der Waals surface area contributed by atoms with Crippen molar-refractivity contribution in [3.8, 4) is 0 Å². The van der Waals surface area contributed by atoms with E-state index in [2.05, 4.69) is 4.90 Å². The number of aliphatic carboxylic acids is 1. The number of rotatable bonds is 7. The van der Waals surface area contributed by atoms with Crippen molar-refractivity contribution < 1.29 is 14.3 Å². The Labute approximate surface area is 113 Å². The molecular weight excluding hydrogens is 247 g/mol. The molecule has 1 aromatic carbocycles. The monoisotopic (exact) mass is 268 g/mol. The molecule has 0 aliphatic rings. The van der Waals surface area contributed by atoms with Crippen LogP contribution in [0.1, 0.15) is 26.7 Å². The lowest BCUT2D eigenvalue weighted by Crippen LogP contribution is -2.45. The van der Waals surface area contributed by atoms with Crippen LogP contribution in [0.15, 0.2) is 24.3 Å². The van der Waals surface area contributed by atoms with Crippen molar-refractivity contribution in [2.75, 3.05) is 18.0 Å². The highest BCUT2D eigenvalue weighted by molar-refractivity contribution is 5.77. The second kappa shape index (κ2) is 6.52. The van der Waals surface area contributed by atoms with Gasteiger partial charge in [-0.1, -0.05) is 0 Å². The van der Waals surface area contributed by atoms with Gasteiger partial charge in [0.2, 0.25) is 0 Å². The molecular formula is C14H21FN2O2. The maximum absolute atomic E-state index is 12.9. The molecule has 1 rings (SSSR count). The van der Waals surface area contributed by atoms with E-state index in [1.807, 2.05) is 6.92 Å². The average molecular weight is 268 g/mol. The van der Waals surface area contributed by atoms with E-state index >= 15 is 0 Å². The molecule has 0 fully saturated rings. The van der Waals surface area contributed by atoms with Crippen LogP contribution in [0.3, 0.4) is 0 Å². The lowest BCUT2D eigenvalue weighted by atomic mass is 9.97. The SMILES string of the molecule is CCN(CCCC(C)(N)C(=O)O)c1ccc(F)cc1.